The molecule has 0 aliphatic carbocycles. The molecule has 1 aromatic carbocycles. The molecule has 0 unspecified atom stereocenters. The number of nitrogens with zero attached hydrogens (tertiary/aromatic N) is 3. The highest BCUT2D eigenvalue weighted by Crippen LogP contribution is 2.35. The molecule has 2 aromatic rings. The quantitative estimate of drug-likeness (QED) is 0.776. The SMILES string of the molecule is Cc1c(O)ccc(N=Nc2cccnc2)c1O. The third kappa shape index (κ3) is 2.39. The summed E-state index contributed by atoms with van der Waals surface area (Å²) in [6.07, 6.45) is 3.20. The molecule has 5 nitrogen and oxygen atoms in total. The average Bonchev–Trinajstić information content (AvgIpc) is 2.36. The number of phenols is 2. The fourth-order valence-electron chi connectivity index (χ4n) is 1.28. The van der Waals surface area contributed by atoms with E-state index < -0.39 is 0 Å². The summed E-state index contributed by atoms with van der Waals surface area (Å²) in [6, 6.07) is 6.46. The Morgan fingerprint density at radius 2 is 1.94 bits per heavy atom. The van der Waals surface area contributed by atoms with Crippen LogP contribution in [0, 0.1) is 6.92 Å². The first-order valence-electron chi connectivity index (χ1n) is 5.02. The van der Waals surface area contributed by atoms with Crippen LogP contribution >= 0.6 is 0 Å². The van der Waals surface area contributed by atoms with Crippen LogP contribution in [-0.4, -0.2) is 15.2 Å². The van der Waals surface area contributed by atoms with Crippen LogP contribution in [-0.2, 0) is 0 Å². The lowest BCUT2D eigenvalue weighted by Crippen LogP contribution is -1.76. The van der Waals surface area contributed by atoms with Gasteiger partial charge in [-0.05, 0) is 31.2 Å². The predicted molar refractivity (Wildman–Crippen MR) is 62.9 cm³/mol. The number of azo groups is 1. The monoisotopic (exact) mass is 229 g/mol. The van der Waals surface area contributed by atoms with Gasteiger partial charge in [0, 0.05) is 11.8 Å². The fraction of sp³-hybridized carbons (Fsp3) is 0.0833. The standard InChI is InChI=1S/C12H11N3O2/c1-8-11(16)5-4-10(12(8)17)15-14-9-3-2-6-13-7-9/h2-7,16-17H,1H3. The van der Waals surface area contributed by atoms with Gasteiger partial charge in [-0.15, -0.1) is 10.2 Å². The summed E-state index contributed by atoms with van der Waals surface area (Å²) in [7, 11) is 0. The third-order valence-corrected chi connectivity index (χ3v) is 2.30. The minimum absolute atomic E-state index is 0.0304. The van der Waals surface area contributed by atoms with Crippen LogP contribution in [0.2, 0.25) is 0 Å². The van der Waals surface area contributed by atoms with Crippen molar-refractivity contribution >= 4 is 11.4 Å². The van der Waals surface area contributed by atoms with Gasteiger partial charge in [-0.25, -0.2) is 0 Å². The second-order valence-corrected chi connectivity index (χ2v) is 3.49. The van der Waals surface area contributed by atoms with E-state index in [0.717, 1.165) is 0 Å². The summed E-state index contributed by atoms with van der Waals surface area (Å²) < 4.78 is 0. The molecule has 0 spiro atoms. The lowest BCUT2D eigenvalue weighted by molar-refractivity contribution is 0.444. The van der Waals surface area contributed by atoms with Gasteiger partial charge in [-0.1, -0.05) is 0 Å². The first-order valence-corrected chi connectivity index (χ1v) is 5.02. The van der Waals surface area contributed by atoms with Crippen LogP contribution in [0.4, 0.5) is 11.4 Å². The average molecular weight is 229 g/mol. The Labute approximate surface area is 98.1 Å². The van der Waals surface area contributed by atoms with Gasteiger partial charge in [0.1, 0.15) is 22.9 Å². The molecule has 0 amide bonds. The molecule has 5 heteroatoms. The summed E-state index contributed by atoms with van der Waals surface area (Å²) in [6.45, 7) is 1.60. The van der Waals surface area contributed by atoms with Crippen molar-refractivity contribution in [3.63, 3.8) is 0 Å². The minimum atomic E-state index is -0.0716. The summed E-state index contributed by atoms with van der Waals surface area (Å²) in [5, 5.41) is 26.9. The summed E-state index contributed by atoms with van der Waals surface area (Å²) in [5.74, 6) is -0.0412. The van der Waals surface area contributed by atoms with E-state index in [2.05, 4.69) is 15.2 Å². The Balaban J connectivity index is 2.31. The topological polar surface area (TPSA) is 78.1 Å². The van der Waals surface area contributed by atoms with Gasteiger partial charge in [-0.2, -0.15) is 0 Å². The molecule has 1 heterocycles. The van der Waals surface area contributed by atoms with Crippen LogP contribution in [0.25, 0.3) is 0 Å². The lowest BCUT2D eigenvalue weighted by atomic mass is 10.2. The molecule has 0 aliphatic rings. The van der Waals surface area contributed by atoms with E-state index in [1.807, 2.05) is 0 Å². The molecular weight excluding hydrogens is 218 g/mol. The molecule has 0 radical (unpaired) electrons. The van der Waals surface area contributed by atoms with E-state index in [0.29, 0.717) is 16.9 Å². The van der Waals surface area contributed by atoms with Crippen LogP contribution in [0.1, 0.15) is 5.56 Å². The second-order valence-electron chi connectivity index (χ2n) is 3.49. The van der Waals surface area contributed by atoms with E-state index in [4.69, 9.17) is 0 Å². The third-order valence-electron chi connectivity index (χ3n) is 2.30. The van der Waals surface area contributed by atoms with Crippen LogP contribution in [0.5, 0.6) is 11.5 Å². The molecular formula is C12H11N3O2. The Bertz CT molecular complexity index is 553. The van der Waals surface area contributed by atoms with Crippen molar-refractivity contribution in [3.8, 4) is 11.5 Å². The molecule has 1 aromatic heterocycles. The van der Waals surface area contributed by atoms with Gasteiger partial charge >= 0.3 is 0 Å². The Morgan fingerprint density at radius 3 is 2.65 bits per heavy atom. The van der Waals surface area contributed by atoms with Gasteiger partial charge in [0.2, 0.25) is 0 Å². The van der Waals surface area contributed by atoms with E-state index in [9.17, 15) is 10.2 Å². The van der Waals surface area contributed by atoms with Gasteiger partial charge in [0.15, 0.2) is 0 Å². The molecule has 0 atom stereocenters. The van der Waals surface area contributed by atoms with Crippen molar-refractivity contribution in [2.45, 2.75) is 6.92 Å². The van der Waals surface area contributed by atoms with Crippen molar-refractivity contribution in [2.75, 3.05) is 0 Å². The highest BCUT2D eigenvalue weighted by molar-refractivity contribution is 5.59. The zero-order valence-electron chi connectivity index (χ0n) is 9.20. The lowest BCUT2D eigenvalue weighted by Gasteiger charge is -2.03. The van der Waals surface area contributed by atoms with Gasteiger partial charge in [-0.3, -0.25) is 4.98 Å². The van der Waals surface area contributed by atoms with Gasteiger partial charge in [0.25, 0.3) is 0 Å². The van der Waals surface area contributed by atoms with Crippen molar-refractivity contribution in [2.24, 2.45) is 10.2 Å². The maximum absolute atomic E-state index is 9.73. The Hall–Kier alpha value is -2.43. The number of hydrogen-bond acceptors (Lipinski definition) is 5. The molecule has 0 fully saturated rings. The Kier molecular flexibility index (Phi) is 3.00. The van der Waals surface area contributed by atoms with E-state index >= 15 is 0 Å². The molecule has 0 bridgehead atoms. The van der Waals surface area contributed by atoms with E-state index in [1.54, 1.807) is 31.5 Å². The molecule has 0 saturated carbocycles. The molecule has 2 N–H and O–H groups in total. The summed E-state index contributed by atoms with van der Waals surface area (Å²) >= 11 is 0. The largest absolute Gasteiger partial charge is 0.508 e. The first kappa shape index (κ1) is 11.1. The number of phenolic OH excluding ortho intramolecular Hbond substituents is 2. The maximum atomic E-state index is 9.73. The van der Waals surface area contributed by atoms with Crippen molar-refractivity contribution < 1.29 is 10.2 Å². The van der Waals surface area contributed by atoms with Crippen molar-refractivity contribution in [1.29, 1.82) is 0 Å². The molecule has 0 saturated heterocycles. The first-order chi connectivity index (χ1) is 8.18. The smallest absolute Gasteiger partial charge is 0.149 e. The zero-order chi connectivity index (χ0) is 12.3. The molecule has 17 heavy (non-hydrogen) atoms. The second kappa shape index (κ2) is 4.61. The molecule has 2 rings (SSSR count). The predicted octanol–water partition coefficient (Wildman–Crippen LogP) is 3.22. The molecule has 86 valence electrons. The van der Waals surface area contributed by atoms with Crippen LogP contribution < -0.4 is 0 Å². The fourth-order valence-corrected chi connectivity index (χ4v) is 1.28. The van der Waals surface area contributed by atoms with Crippen molar-refractivity contribution in [3.05, 3.63) is 42.2 Å². The highest BCUT2D eigenvalue weighted by atomic mass is 16.3. The molecule has 0 aliphatic heterocycles. The minimum Gasteiger partial charge on any atom is -0.508 e. The maximum Gasteiger partial charge on any atom is 0.149 e. The summed E-state index contributed by atoms with van der Waals surface area (Å²) in [4.78, 5) is 3.89. The normalized spacial score (nSPS) is 10.9. The number of benzene rings is 1. The van der Waals surface area contributed by atoms with E-state index in [-0.39, 0.29) is 11.5 Å². The van der Waals surface area contributed by atoms with Crippen LogP contribution in [0.3, 0.4) is 0 Å². The summed E-state index contributed by atoms with van der Waals surface area (Å²) in [5.41, 5.74) is 1.29. The van der Waals surface area contributed by atoms with Gasteiger partial charge in [0.05, 0.1) is 6.20 Å². The van der Waals surface area contributed by atoms with Gasteiger partial charge < -0.3 is 10.2 Å². The van der Waals surface area contributed by atoms with Crippen molar-refractivity contribution in [1.82, 2.24) is 4.98 Å². The zero-order valence-corrected chi connectivity index (χ0v) is 9.20. The Morgan fingerprint density at radius 1 is 1.12 bits per heavy atom. The number of hydrogen-bond donors (Lipinski definition) is 2. The number of aromatic nitrogens is 1. The van der Waals surface area contributed by atoms with Crippen LogP contribution in [0.15, 0.2) is 46.9 Å². The number of pyridine rings is 1. The highest BCUT2D eigenvalue weighted by Gasteiger charge is 2.07. The van der Waals surface area contributed by atoms with E-state index in [1.165, 1.54) is 12.1 Å². The number of rotatable bonds is 2. The number of aromatic hydroxyl groups is 2.